The number of rotatable bonds is 7. The van der Waals surface area contributed by atoms with Crippen LogP contribution in [0.15, 0.2) is 30.5 Å². The summed E-state index contributed by atoms with van der Waals surface area (Å²) in [4.78, 5) is 17.1. The minimum atomic E-state index is -3.45. The van der Waals surface area contributed by atoms with Crippen LogP contribution in [-0.2, 0) is 21.1 Å². The van der Waals surface area contributed by atoms with Crippen LogP contribution in [-0.4, -0.2) is 30.3 Å². The third-order valence-corrected chi connectivity index (χ3v) is 6.65. The first-order chi connectivity index (χ1) is 11.3. The predicted molar refractivity (Wildman–Crippen MR) is 93.5 cm³/mol. The van der Waals surface area contributed by atoms with E-state index in [0.29, 0.717) is 18.0 Å². The molecule has 2 aromatic rings. The lowest BCUT2D eigenvalue weighted by Crippen LogP contribution is -2.33. The summed E-state index contributed by atoms with van der Waals surface area (Å²) in [5, 5.41) is 1.80. The van der Waals surface area contributed by atoms with Crippen LogP contribution in [0.2, 0.25) is 0 Å². The van der Waals surface area contributed by atoms with Gasteiger partial charge in [-0.3, -0.25) is 4.79 Å². The first-order valence-electron chi connectivity index (χ1n) is 7.53. The van der Waals surface area contributed by atoms with E-state index < -0.39 is 21.0 Å². The number of aromatic nitrogens is 1. The highest BCUT2D eigenvalue weighted by molar-refractivity contribution is 7.92. The average Bonchev–Trinajstić information content (AvgIpc) is 2.95. The third kappa shape index (κ3) is 4.85. The van der Waals surface area contributed by atoms with Crippen LogP contribution in [0.1, 0.15) is 30.7 Å². The van der Waals surface area contributed by atoms with Crippen LogP contribution in [0.5, 0.6) is 0 Å². The topological polar surface area (TPSA) is 76.1 Å². The lowest BCUT2D eigenvalue weighted by molar-refractivity contribution is -0.115. The third-order valence-electron chi connectivity index (χ3n) is 3.47. The fourth-order valence-electron chi connectivity index (χ4n) is 2.08. The molecular weight excluding hydrogens is 351 g/mol. The van der Waals surface area contributed by atoms with E-state index in [0.717, 1.165) is 10.4 Å². The first kappa shape index (κ1) is 18.5. The van der Waals surface area contributed by atoms with Gasteiger partial charge in [-0.2, -0.15) is 0 Å². The van der Waals surface area contributed by atoms with Gasteiger partial charge in [0.25, 0.3) is 0 Å². The van der Waals surface area contributed by atoms with E-state index in [4.69, 9.17) is 0 Å². The van der Waals surface area contributed by atoms with E-state index >= 15 is 0 Å². The summed E-state index contributed by atoms with van der Waals surface area (Å²) in [5.74, 6) is -0.889. The maximum atomic E-state index is 12.9. The number of nitrogens with one attached hydrogen (secondary N) is 1. The largest absolute Gasteiger partial charge is 0.301 e. The summed E-state index contributed by atoms with van der Waals surface area (Å²) < 4.78 is 36.7. The van der Waals surface area contributed by atoms with Crippen LogP contribution in [0.25, 0.3) is 0 Å². The van der Waals surface area contributed by atoms with Crippen molar-refractivity contribution in [2.24, 2.45) is 0 Å². The van der Waals surface area contributed by atoms with Gasteiger partial charge in [0.05, 0.1) is 5.75 Å². The Hall–Kier alpha value is -1.80. The van der Waals surface area contributed by atoms with Crippen molar-refractivity contribution in [2.45, 2.75) is 31.9 Å². The van der Waals surface area contributed by atoms with Crippen molar-refractivity contribution < 1.29 is 17.6 Å². The van der Waals surface area contributed by atoms with Gasteiger partial charge in [0.1, 0.15) is 11.1 Å². The van der Waals surface area contributed by atoms with Gasteiger partial charge >= 0.3 is 0 Å². The first-order valence-corrected chi connectivity index (χ1v) is 10.1. The summed E-state index contributed by atoms with van der Waals surface area (Å²) in [6.07, 6.45) is 2.66. The lowest BCUT2D eigenvalue weighted by Gasteiger charge is -2.11. The predicted octanol–water partition coefficient (Wildman–Crippen LogP) is 3.02. The van der Waals surface area contributed by atoms with Crippen molar-refractivity contribution in [2.75, 3.05) is 11.1 Å². The monoisotopic (exact) mass is 370 g/mol. The number of hydrogen-bond donors (Lipinski definition) is 1. The van der Waals surface area contributed by atoms with Gasteiger partial charge in [-0.15, -0.1) is 11.3 Å². The molecule has 0 aliphatic rings. The summed E-state index contributed by atoms with van der Waals surface area (Å²) in [7, 11) is -3.45. The van der Waals surface area contributed by atoms with Crippen LogP contribution in [0.4, 0.5) is 9.52 Å². The zero-order valence-electron chi connectivity index (χ0n) is 13.5. The lowest BCUT2D eigenvalue weighted by atomic mass is 10.1. The zero-order chi connectivity index (χ0) is 17.7. The van der Waals surface area contributed by atoms with Crippen molar-refractivity contribution in [3.05, 3.63) is 46.7 Å². The Morgan fingerprint density at radius 1 is 1.33 bits per heavy atom. The Morgan fingerprint density at radius 3 is 2.62 bits per heavy atom. The van der Waals surface area contributed by atoms with Crippen molar-refractivity contribution in [3.8, 4) is 0 Å². The summed E-state index contributed by atoms with van der Waals surface area (Å²) in [5.41, 5.74) is 0.928. The minimum absolute atomic E-state index is 0.0186. The highest BCUT2D eigenvalue weighted by Gasteiger charge is 2.27. The van der Waals surface area contributed by atoms with Gasteiger partial charge < -0.3 is 5.32 Å². The van der Waals surface area contributed by atoms with Gasteiger partial charge in [-0.05, 0) is 31.0 Å². The molecule has 0 radical (unpaired) electrons. The zero-order valence-corrected chi connectivity index (χ0v) is 15.1. The number of anilines is 1. The number of benzene rings is 1. The molecule has 24 heavy (non-hydrogen) atoms. The smallest absolute Gasteiger partial charge is 0.244 e. The molecule has 0 fully saturated rings. The van der Waals surface area contributed by atoms with E-state index in [-0.39, 0.29) is 11.6 Å². The number of halogens is 1. The number of thiazole rings is 1. The molecule has 0 unspecified atom stereocenters. The Kier molecular flexibility index (Phi) is 6.06. The van der Waals surface area contributed by atoms with Crippen LogP contribution >= 0.6 is 11.3 Å². The van der Waals surface area contributed by atoms with Gasteiger partial charge in [0, 0.05) is 17.5 Å². The van der Waals surface area contributed by atoms with Gasteiger partial charge in [-0.25, -0.2) is 17.8 Å². The normalized spacial score (nSPS) is 12.8. The fraction of sp³-hybridized carbons (Fsp3) is 0.375. The molecule has 1 atom stereocenters. The average molecular weight is 370 g/mol. The summed E-state index contributed by atoms with van der Waals surface area (Å²) >= 11 is 1.27. The number of hydrogen-bond acceptors (Lipinski definition) is 5. The molecule has 0 spiro atoms. The highest BCUT2D eigenvalue weighted by Crippen LogP contribution is 2.22. The minimum Gasteiger partial charge on any atom is -0.301 e. The van der Waals surface area contributed by atoms with Crippen molar-refractivity contribution in [1.29, 1.82) is 0 Å². The summed E-state index contributed by atoms with van der Waals surface area (Å²) in [6.45, 7) is 3.14. The molecule has 1 aromatic carbocycles. The van der Waals surface area contributed by atoms with Crippen molar-refractivity contribution >= 4 is 32.2 Å². The number of carbonyl (C=O) groups excluding carboxylic acids is 1. The Bertz CT molecular complexity index is 801. The van der Waals surface area contributed by atoms with E-state index in [9.17, 15) is 17.6 Å². The molecule has 1 amide bonds. The van der Waals surface area contributed by atoms with E-state index in [1.807, 2.05) is 0 Å². The Morgan fingerprint density at radius 2 is 2.00 bits per heavy atom. The van der Waals surface area contributed by atoms with Gasteiger partial charge in [0.15, 0.2) is 15.0 Å². The molecule has 8 heteroatoms. The molecular formula is C16H19FN2O3S2. The Balaban J connectivity index is 2.00. The van der Waals surface area contributed by atoms with Gasteiger partial charge in [-0.1, -0.05) is 19.1 Å². The molecule has 1 aromatic heterocycles. The number of amides is 1. The Labute approximate surface area is 144 Å². The molecule has 1 N–H and O–H groups in total. The number of sulfone groups is 1. The second-order valence-corrected chi connectivity index (χ2v) is 8.99. The molecule has 0 aliphatic carbocycles. The molecule has 0 bridgehead atoms. The van der Waals surface area contributed by atoms with E-state index in [1.54, 1.807) is 25.3 Å². The summed E-state index contributed by atoms with van der Waals surface area (Å²) in [6, 6.07) is 6.15. The number of nitrogens with zero attached hydrogens (tertiary/aromatic N) is 1. The highest BCUT2D eigenvalue weighted by atomic mass is 32.2. The van der Waals surface area contributed by atoms with Crippen LogP contribution < -0.4 is 5.32 Å². The molecule has 2 rings (SSSR count). The second-order valence-electron chi connectivity index (χ2n) is 5.43. The second kappa shape index (κ2) is 7.85. The van der Waals surface area contributed by atoms with Crippen molar-refractivity contribution in [3.63, 3.8) is 0 Å². The maximum Gasteiger partial charge on any atom is 0.244 e. The fourth-order valence-corrected chi connectivity index (χ4v) is 4.24. The molecule has 130 valence electrons. The van der Waals surface area contributed by atoms with Crippen LogP contribution in [0, 0.1) is 5.82 Å². The molecule has 0 saturated carbocycles. The quantitative estimate of drug-likeness (QED) is 0.813. The molecule has 1 heterocycles. The number of carbonyl (C=O) groups is 1. The standard InChI is InChI=1S/C16H19FN2O3S2/c1-3-8-24(21,22)11(2)15(20)19-16-18-10-14(23-16)9-12-4-6-13(17)7-5-12/h4-7,10-11H,3,8-9H2,1-2H3,(H,18,19,20)/t11-/m0/s1. The molecule has 0 aliphatic heterocycles. The molecule has 0 saturated heterocycles. The van der Waals surface area contributed by atoms with E-state index in [2.05, 4.69) is 10.3 Å². The van der Waals surface area contributed by atoms with E-state index in [1.165, 1.54) is 30.4 Å². The SMILES string of the molecule is CCCS(=O)(=O)[C@@H](C)C(=O)Nc1ncc(Cc2ccc(F)cc2)s1. The molecule has 5 nitrogen and oxygen atoms in total. The van der Waals surface area contributed by atoms with Crippen molar-refractivity contribution in [1.82, 2.24) is 4.98 Å². The van der Waals surface area contributed by atoms with Gasteiger partial charge in [0.2, 0.25) is 5.91 Å². The maximum absolute atomic E-state index is 12.9. The van der Waals surface area contributed by atoms with Crippen LogP contribution in [0.3, 0.4) is 0 Å².